The van der Waals surface area contributed by atoms with Gasteiger partial charge in [0.2, 0.25) is 0 Å². The van der Waals surface area contributed by atoms with Crippen LogP contribution in [0.3, 0.4) is 0 Å². The summed E-state index contributed by atoms with van der Waals surface area (Å²) in [6.45, 7) is 5.25. The maximum atomic E-state index is 12.9. The normalized spacial score (nSPS) is 12.5. The zero-order valence-electron chi connectivity index (χ0n) is 9.70. The van der Waals surface area contributed by atoms with Crippen molar-refractivity contribution in [3.8, 4) is 5.75 Å². The van der Waals surface area contributed by atoms with Crippen LogP contribution >= 0.6 is 0 Å². The van der Waals surface area contributed by atoms with Crippen molar-refractivity contribution in [2.24, 2.45) is 5.73 Å². The zero-order valence-corrected chi connectivity index (χ0v) is 9.70. The lowest BCUT2D eigenvalue weighted by atomic mass is 10.2. The molecule has 0 aromatic heterocycles. The molecule has 0 heterocycles. The summed E-state index contributed by atoms with van der Waals surface area (Å²) in [6.07, 6.45) is -0.0734. The van der Waals surface area contributed by atoms with Gasteiger partial charge in [0.15, 0.2) is 0 Å². The van der Waals surface area contributed by atoms with Gasteiger partial charge in [-0.2, -0.15) is 0 Å². The molecule has 0 spiro atoms. The third-order valence-corrected chi connectivity index (χ3v) is 2.13. The Morgan fingerprint density at radius 2 is 2.19 bits per heavy atom. The molecule has 3 nitrogen and oxygen atoms in total. The SMILES string of the molecule is CCOCC(C)Oc1ccc(F)cc1CN. The molecular weight excluding hydrogens is 209 g/mol. The van der Waals surface area contributed by atoms with Crippen LogP contribution in [-0.2, 0) is 11.3 Å². The molecule has 0 aliphatic heterocycles. The molecule has 90 valence electrons. The summed E-state index contributed by atoms with van der Waals surface area (Å²) in [5.41, 5.74) is 6.19. The second kappa shape index (κ2) is 6.45. The fraction of sp³-hybridized carbons (Fsp3) is 0.500. The summed E-state index contributed by atoms with van der Waals surface area (Å²) >= 11 is 0. The van der Waals surface area contributed by atoms with Crippen LogP contribution in [0.25, 0.3) is 0 Å². The Bertz CT molecular complexity index is 331. The Morgan fingerprint density at radius 3 is 2.81 bits per heavy atom. The first kappa shape index (κ1) is 12.9. The number of hydrogen-bond donors (Lipinski definition) is 1. The van der Waals surface area contributed by atoms with Crippen molar-refractivity contribution < 1.29 is 13.9 Å². The molecule has 1 unspecified atom stereocenters. The average molecular weight is 227 g/mol. The van der Waals surface area contributed by atoms with Gasteiger partial charge in [-0.1, -0.05) is 0 Å². The molecule has 0 saturated heterocycles. The molecule has 4 heteroatoms. The van der Waals surface area contributed by atoms with Crippen molar-refractivity contribution in [1.29, 1.82) is 0 Å². The van der Waals surface area contributed by atoms with E-state index >= 15 is 0 Å². The van der Waals surface area contributed by atoms with Crippen LogP contribution in [0.15, 0.2) is 18.2 Å². The van der Waals surface area contributed by atoms with Crippen LogP contribution < -0.4 is 10.5 Å². The molecule has 1 aromatic rings. The first-order chi connectivity index (χ1) is 7.67. The third kappa shape index (κ3) is 3.79. The Balaban J connectivity index is 2.65. The van der Waals surface area contributed by atoms with Crippen LogP contribution in [0.4, 0.5) is 4.39 Å². The quantitative estimate of drug-likeness (QED) is 0.809. The Morgan fingerprint density at radius 1 is 1.44 bits per heavy atom. The average Bonchev–Trinajstić information content (AvgIpc) is 2.28. The van der Waals surface area contributed by atoms with E-state index in [0.717, 1.165) is 0 Å². The molecule has 1 rings (SSSR count). The van der Waals surface area contributed by atoms with E-state index in [1.165, 1.54) is 12.1 Å². The minimum atomic E-state index is -0.301. The molecular formula is C12H18FNO2. The monoisotopic (exact) mass is 227 g/mol. The maximum Gasteiger partial charge on any atom is 0.124 e. The summed E-state index contributed by atoms with van der Waals surface area (Å²) < 4.78 is 23.8. The van der Waals surface area contributed by atoms with E-state index in [0.29, 0.717) is 24.5 Å². The van der Waals surface area contributed by atoms with E-state index in [2.05, 4.69) is 0 Å². The van der Waals surface area contributed by atoms with Crippen molar-refractivity contribution in [1.82, 2.24) is 0 Å². The number of nitrogens with two attached hydrogens (primary N) is 1. The van der Waals surface area contributed by atoms with Crippen LogP contribution in [0.2, 0.25) is 0 Å². The highest BCUT2D eigenvalue weighted by Crippen LogP contribution is 2.20. The second-order valence-electron chi connectivity index (χ2n) is 3.54. The Kier molecular flexibility index (Phi) is 5.22. The highest BCUT2D eigenvalue weighted by molar-refractivity contribution is 5.33. The smallest absolute Gasteiger partial charge is 0.124 e. The molecule has 16 heavy (non-hydrogen) atoms. The molecule has 2 N–H and O–H groups in total. The lowest BCUT2D eigenvalue weighted by Crippen LogP contribution is -2.20. The minimum absolute atomic E-state index is 0.0734. The van der Waals surface area contributed by atoms with Gasteiger partial charge in [0.25, 0.3) is 0 Å². The van der Waals surface area contributed by atoms with E-state index < -0.39 is 0 Å². The summed E-state index contributed by atoms with van der Waals surface area (Å²) in [5.74, 6) is 0.321. The fourth-order valence-corrected chi connectivity index (χ4v) is 1.36. The third-order valence-electron chi connectivity index (χ3n) is 2.13. The van der Waals surface area contributed by atoms with E-state index in [9.17, 15) is 4.39 Å². The van der Waals surface area contributed by atoms with Crippen LogP contribution in [0, 0.1) is 5.82 Å². The standard InChI is InChI=1S/C12H18FNO2/c1-3-15-8-9(2)16-12-5-4-11(13)6-10(12)7-14/h4-6,9H,3,7-8,14H2,1-2H3. The largest absolute Gasteiger partial charge is 0.488 e. The Labute approximate surface area is 95.4 Å². The van der Waals surface area contributed by atoms with Crippen molar-refractivity contribution in [2.45, 2.75) is 26.5 Å². The molecule has 0 saturated carbocycles. The lowest BCUT2D eigenvalue weighted by Gasteiger charge is -2.16. The number of benzene rings is 1. The zero-order chi connectivity index (χ0) is 12.0. The van der Waals surface area contributed by atoms with Crippen molar-refractivity contribution >= 4 is 0 Å². The first-order valence-corrected chi connectivity index (χ1v) is 5.40. The molecule has 0 aliphatic rings. The van der Waals surface area contributed by atoms with Crippen LogP contribution in [0.5, 0.6) is 5.75 Å². The van der Waals surface area contributed by atoms with Crippen molar-refractivity contribution in [3.63, 3.8) is 0 Å². The molecule has 0 bridgehead atoms. The van der Waals surface area contributed by atoms with Crippen LogP contribution in [0.1, 0.15) is 19.4 Å². The highest BCUT2D eigenvalue weighted by Gasteiger charge is 2.08. The minimum Gasteiger partial charge on any atom is -0.488 e. The Hall–Kier alpha value is -1.13. The molecule has 1 atom stereocenters. The van der Waals surface area contributed by atoms with Gasteiger partial charge in [-0.3, -0.25) is 0 Å². The summed E-state index contributed by atoms with van der Waals surface area (Å²) in [5, 5.41) is 0. The fourth-order valence-electron chi connectivity index (χ4n) is 1.36. The number of ether oxygens (including phenoxy) is 2. The van der Waals surface area contributed by atoms with E-state index in [1.54, 1.807) is 6.07 Å². The molecule has 0 aliphatic carbocycles. The number of rotatable bonds is 6. The summed E-state index contributed by atoms with van der Waals surface area (Å²) in [4.78, 5) is 0. The van der Waals surface area contributed by atoms with E-state index in [-0.39, 0.29) is 18.5 Å². The van der Waals surface area contributed by atoms with Gasteiger partial charge < -0.3 is 15.2 Å². The van der Waals surface area contributed by atoms with E-state index in [4.69, 9.17) is 15.2 Å². The van der Waals surface area contributed by atoms with Gasteiger partial charge in [0.1, 0.15) is 17.7 Å². The van der Waals surface area contributed by atoms with Gasteiger partial charge >= 0.3 is 0 Å². The number of halogens is 1. The van der Waals surface area contributed by atoms with Gasteiger partial charge in [-0.05, 0) is 32.0 Å². The maximum absolute atomic E-state index is 12.9. The summed E-state index contributed by atoms with van der Waals surface area (Å²) in [6, 6.07) is 4.35. The van der Waals surface area contributed by atoms with Gasteiger partial charge in [-0.25, -0.2) is 4.39 Å². The van der Waals surface area contributed by atoms with Crippen molar-refractivity contribution in [3.05, 3.63) is 29.6 Å². The molecule has 0 amide bonds. The molecule has 0 radical (unpaired) electrons. The van der Waals surface area contributed by atoms with Gasteiger partial charge in [-0.15, -0.1) is 0 Å². The predicted octanol–water partition coefficient (Wildman–Crippen LogP) is 2.09. The van der Waals surface area contributed by atoms with E-state index in [1.807, 2.05) is 13.8 Å². The number of hydrogen-bond acceptors (Lipinski definition) is 3. The topological polar surface area (TPSA) is 44.5 Å². The second-order valence-corrected chi connectivity index (χ2v) is 3.54. The van der Waals surface area contributed by atoms with Crippen LogP contribution in [-0.4, -0.2) is 19.3 Å². The first-order valence-electron chi connectivity index (χ1n) is 5.40. The molecule has 0 fully saturated rings. The summed E-state index contributed by atoms with van der Waals surface area (Å²) in [7, 11) is 0. The highest BCUT2D eigenvalue weighted by atomic mass is 19.1. The van der Waals surface area contributed by atoms with Crippen molar-refractivity contribution in [2.75, 3.05) is 13.2 Å². The molecule has 1 aromatic carbocycles. The van der Waals surface area contributed by atoms with Gasteiger partial charge in [0, 0.05) is 18.7 Å². The van der Waals surface area contributed by atoms with Gasteiger partial charge in [0.05, 0.1) is 6.61 Å². The predicted molar refractivity (Wildman–Crippen MR) is 60.9 cm³/mol. The lowest BCUT2D eigenvalue weighted by molar-refractivity contribution is 0.0652.